The van der Waals surface area contributed by atoms with Gasteiger partial charge in [-0.1, -0.05) is 25.5 Å². The standard InChI is InChI=1S/C24H36O4/c1-15(25)27-21-9-8-19-18-7-6-17-14-22(3,28-16(2)26)12-13-23(17,4)20(18)10-11-24(19,21)5/h6,18-21H,7-14H2,1-5H3/t18?,19?,20?,21?,22-,23-,24-/m1/s1. The van der Waals surface area contributed by atoms with Gasteiger partial charge in [0.05, 0.1) is 0 Å². The van der Waals surface area contributed by atoms with Gasteiger partial charge in [-0.05, 0) is 75.0 Å². The molecule has 0 heterocycles. The molecule has 4 aliphatic rings. The van der Waals surface area contributed by atoms with E-state index in [9.17, 15) is 9.59 Å². The molecule has 0 N–H and O–H groups in total. The van der Waals surface area contributed by atoms with Crippen molar-refractivity contribution in [2.75, 3.05) is 0 Å². The maximum Gasteiger partial charge on any atom is 0.303 e. The Morgan fingerprint density at radius 2 is 1.71 bits per heavy atom. The van der Waals surface area contributed by atoms with Crippen molar-refractivity contribution in [3.8, 4) is 0 Å². The molecule has 4 rings (SSSR count). The molecular formula is C24H36O4. The van der Waals surface area contributed by atoms with Crippen molar-refractivity contribution in [2.24, 2.45) is 28.6 Å². The predicted molar refractivity (Wildman–Crippen MR) is 107 cm³/mol. The molecule has 0 spiro atoms. The summed E-state index contributed by atoms with van der Waals surface area (Å²) in [6.45, 7) is 9.99. The summed E-state index contributed by atoms with van der Waals surface area (Å²) in [6, 6.07) is 0. The van der Waals surface area contributed by atoms with Gasteiger partial charge in [-0.15, -0.1) is 0 Å². The first-order chi connectivity index (χ1) is 13.1. The highest BCUT2D eigenvalue weighted by atomic mass is 16.6. The zero-order valence-electron chi connectivity index (χ0n) is 18.2. The van der Waals surface area contributed by atoms with Crippen LogP contribution in [0, 0.1) is 28.6 Å². The lowest BCUT2D eigenvalue weighted by molar-refractivity contribution is -0.161. The molecule has 0 aromatic carbocycles. The zero-order chi connectivity index (χ0) is 20.3. The van der Waals surface area contributed by atoms with Crippen LogP contribution in [0.25, 0.3) is 0 Å². The van der Waals surface area contributed by atoms with Gasteiger partial charge in [0.15, 0.2) is 0 Å². The fourth-order valence-electron chi connectivity index (χ4n) is 7.57. The number of ether oxygens (including phenoxy) is 2. The van der Waals surface area contributed by atoms with Gasteiger partial charge < -0.3 is 9.47 Å². The highest BCUT2D eigenvalue weighted by Crippen LogP contribution is 2.66. The fraction of sp³-hybridized carbons (Fsp3) is 0.833. The molecule has 0 bridgehead atoms. The number of esters is 2. The Labute approximate surface area is 169 Å². The molecule has 3 saturated carbocycles. The first-order valence-electron chi connectivity index (χ1n) is 11.1. The second-order valence-electron chi connectivity index (χ2n) is 10.7. The Kier molecular flexibility index (Phi) is 4.71. The molecule has 0 radical (unpaired) electrons. The Balaban J connectivity index is 1.58. The number of carbonyl (C=O) groups excluding carboxylic acids is 2. The molecule has 4 heteroatoms. The summed E-state index contributed by atoms with van der Waals surface area (Å²) < 4.78 is 11.5. The number of hydrogen-bond acceptors (Lipinski definition) is 4. The molecule has 7 atom stereocenters. The fourth-order valence-corrected chi connectivity index (χ4v) is 7.57. The number of fused-ring (bicyclic) bond motifs is 5. The van der Waals surface area contributed by atoms with Crippen LogP contribution in [0.1, 0.15) is 86.0 Å². The van der Waals surface area contributed by atoms with Crippen LogP contribution in [0.3, 0.4) is 0 Å². The van der Waals surface area contributed by atoms with E-state index in [2.05, 4.69) is 26.8 Å². The average molecular weight is 389 g/mol. The van der Waals surface area contributed by atoms with Crippen LogP contribution in [0.15, 0.2) is 11.6 Å². The average Bonchev–Trinajstić information content (AvgIpc) is 2.91. The minimum Gasteiger partial charge on any atom is -0.462 e. The van der Waals surface area contributed by atoms with Crippen molar-refractivity contribution in [1.29, 1.82) is 0 Å². The number of hydrogen-bond donors (Lipinski definition) is 0. The van der Waals surface area contributed by atoms with Gasteiger partial charge in [-0.2, -0.15) is 0 Å². The third-order valence-corrected chi connectivity index (χ3v) is 8.97. The van der Waals surface area contributed by atoms with Gasteiger partial charge in [0.1, 0.15) is 11.7 Å². The highest BCUT2D eigenvalue weighted by Gasteiger charge is 2.60. The molecule has 3 fully saturated rings. The van der Waals surface area contributed by atoms with Crippen LogP contribution in [0.2, 0.25) is 0 Å². The number of allylic oxidation sites excluding steroid dienone is 1. The van der Waals surface area contributed by atoms with E-state index in [1.165, 1.54) is 25.3 Å². The normalized spacial score (nSPS) is 47.2. The van der Waals surface area contributed by atoms with E-state index in [1.54, 1.807) is 6.92 Å². The molecule has 4 unspecified atom stereocenters. The van der Waals surface area contributed by atoms with Crippen LogP contribution in [0.4, 0.5) is 0 Å². The van der Waals surface area contributed by atoms with Gasteiger partial charge in [0, 0.05) is 25.7 Å². The quantitative estimate of drug-likeness (QED) is 0.482. The molecule has 4 nitrogen and oxygen atoms in total. The molecule has 28 heavy (non-hydrogen) atoms. The molecule has 156 valence electrons. The molecular weight excluding hydrogens is 352 g/mol. The second-order valence-corrected chi connectivity index (χ2v) is 10.7. The lowest BCUT2D eigenvalue weighted by Gasteiger charge is -2.58. The highest BCUT2D eigenvalue weighted by molar-refractivity contribution is 5.66. The first kappa shape index (κ1) is 20.0. The molecule has 0 aromatic heterocycles. The van der Waals surface area contributed by atoms with E-state index in [-0.39, 0.29) is 34.5 Å². The van der Waals surface area contributed by atoms with E-state index in [0.29, 0.717) is 17.8 Å². The van der Waals surface area contributed by atoms with Crippen LogP contribution in [-0.2, 0) is 19.1 Å². The summed E-state index contributed by atoms with van der Waals surface area (Å²) in [4.78, 5) is 23.2. The first-order valence-corrected chi connectivity index (χ1v) is 11.1. The van der Waals surface area contributed by atoms with E-state index in [4.69, 9.17) is 9.47 Å². The van der Waals surface area contributed by atoms with Crippen LogP contribution in [-0.4, -0.2) is 23.6 Å². The zero-order valence-corrected chi connectivity index (χ0v) is 18.2. The minimum atomic E-state index is -0.346. The van der Waals surface area contributed by atoms with E-state index in [1.807, 2.05) is 0 Å². The van der Waals surface area contributed by atoms with Crippen LogP contribution < -0.4 is 0 Å². The monoisotopic (exact) mass is 388 g/mol. The van der Waals surface area contributed by atoms with Crippen molar-refractivity contribution in [3.05, 3.63) is 11.6 Å². The maximum absolute atomic E-state index is 11.6. The van der Waals surface area contributed by atoms with Gasteiger partial charge in [0.25, 0.3) is 0 Å². The van der Waals surface area contributed by atoms with Crippen molar-refractivity contribution < 1.29 is 19.1 Å². The molecule has 0 saturated heterocycles. The topological polar surface area (TPSA) is 52.6 Å². The Morgan fingerprint density at radius 3 is 2.39 bits per heavy atom. The minimum absolute atomic E-state index is 0.0905. The van der Waals surface area contributed by atoms with E-state index in [0.717, 1.165) is 38.5 Å². The van der Waals surface area contributed by atoms with E-state index < -0.39 is 0 Å². The van der Waals surface area contributed by atoms with Crippen molar-refractivity contribution >= 4 is 11.9 Å². The van der Waals surface area contributed by atoms with Gasteiger partial charge in [-0.3, -0.25) is 9.59 Å². The Morgan fingerprint density at radius 1 is 0.964 bits per heavy atom. The smallest absolute Gasteiger partial charge is 0.303 e. The Hall–Kier alpha value is -1.32. The van der Waals surface area contributed by atoms with Crippen molar-refractivity contribution in [1.82, 2.24) is 0 Å². The van der Waals surface area contributed by atoms with Gasteiger partial charge >= 0.3 is 11.9 Å². The van der Waals surface area contributed by atoms with Gasteiger partial charge in [-0.25, -0.2) is 0 Å². The van der Waals surface area contributed by atoms with Gasteiger partial charge in [0.2, 0.25) is 0 Å². The summed E-state index contributed by atoms with van der Waals surface area (Å²) in [5, 5.41) is 0. The largest absolute Gasteiger partial charge is 0.462 e. The van der Waals surface area contributed by atoms with Crippen LogP contribution in [0.5, 0.6) is 0 Å². The molecule has 0 aromatic rings. The third kappa shape index (κ3) is 3.02. The Bertz CT molecular complexity index is 711. The SMILES string of the molecule is CC(=O)OC1CCC2C3CC=C4C[C@](C)(OC(C)=O)CC[C@@]4(C)C3CC[C@@]12C. The van der Waals surface area contributed by atoms with E-state index >= 15 is 0 Å². The van der Waals surface area contributed by atoms with Crippen molar-refractivity contribution in [3.63, 3.8) is 0 Å². The van der Waals surface area contributed by atoms with Crippen molar-refractivity contribution in [2.45, 2.75) is 97.7 Å². The maximum atomic E-state index is 11.6. The summed E-state index contributed by atoms with van der Waals surface area (Å²) in [7, 11) is 0. The third-order valence-electron chi connectivity index (χ3n) is 8.97. The summed E-state index contributed by atoms with van der Waals surface area (Å²) in [6.07, 6.45) is 11.2. The lowest BCUT2D eigenvalue weighted by Crippen LogP contribution is -2.53. The molecule has 0 aliphatic heterocycles. The number of rotatable bonds is 2. The summed E-state index contributed by atoms with van der Waals surface area (Å²) in [5.74, 6) is 1.72. The number of carbonyl (C=O) groups is 2. The molecule has 4 aliphatic carbocycles. The summed E-state index contributed by atoms with van der Waals surface area (Å²) in [5.41, 5.74) is 1.53. The lowest BCUT2D eigenvalue weighted by atomic mass is 9.47. The molecule has 0 amide bonds. The van der Waals surface area contributed by atoms with Crippen LogP contribution >= 0.6 is 0 Å². The summed E-state index contributed by atoms with van der Waals surface area (Å²) >= 11 is 0. The predicted octanol–water partition coefficient (Wildman–Crippen LogP) is 5.20. The second kappa shape index (κ2) is 6.60.